The van der Waals surface area contributed by atoms with Crippen LogP contribution in [0.4, 0.5) is 13.2 Å². The van der Waals surface area contributed by atoms with Crippen molar-refractivity contribution in [3.8, 4) is 11.5 Å². The van der Waals surface area contributed by atoms with Gasteiger partial charge in [-0.05, 0) is 75.1 Å². The van der Waals surface area contributed by atoms with E-state index in [9.17, 15) is 26.4 Å². The largest absolute Gasteiger partial charge is 0.573 e. The third-order valence-corrected chi connectivity index (χ3v) is 6.77. The smallest absolute Gasteiger partial charge is 0.478 e. The molecule has 0 aliphatic rings. The predicted molar refractivity (Wildman–Crippen MR) is 119 cm³/mol. The van der Waals surface area contributed by atoms with Crippen molar-refractivity contribution in [2.45, 2.75) is 56.9 Å². The Hall–Kier alpha value is -2.79. The lowest BCUT2D eigenvalue weighted by atomic mass is 10.1. The minimum atomic E-state index is -4.86. The molecule has 0 saturated heterocycles. The van der Waals surface area contributed by atoms with Gasteiger partial charge in [-0.2, -0.15) is 4.31 Å². The first-order chi connectivity index (χ1) is 15.7. The molecule has 0 aliphatic carbocycles. The molecule has 2 aromatic rings. The van der Waals surface area contributed by atoms with Gasteiger partial charge in [0.2, 0.25) is 10.0 Å². The van der Waals surface area contributed by atoms with Crippen LogP contribution in [0.1, 0.15) is 39.2 Å². The summed E-state index contributed by atoms with van der Waals surface area (Å²) < 4.78 is 73.5. The molecule has 2 rings (SSSR count). The number of aryl methyl sites for hydroxylation is 1. The number of nitrogens with zero attached hydrogens (tertiary/aromatic N) is 1. The molecule has 0 unspecified atom stereocenters. The zero-order valence-electron chi connectivity index (χ0n) is 19.1. The number of rotatable bonds is 12. The summed E-state index contributed by atoms with van der Waals surface area (Å²) in [5.41, 5.74) is -0.448. The van der Waals surface area contributed by atoms with E-state index < -0.39 is 33.7 Å². The highest BCUT2D eigenvalue weighted by molar-refractivity contribution is 7.89. The summed E-state index contributed by atoms with van der Waals surface area (Å²) in [4.78, 5) is 11.1. The first kappa shape index (κ1) is 27.5. The van der Waals surface area contributed by atoms with Gasteiger partial charge in [0.1, 0.15) is 11.5 Å². The van der Waals surface area contributed by atoms with Gasteiger partial charge in [0.05, 0.1) is 4.90 Å². The van der Waals surface area contributed by atoms with Crippen molar-refractivity contribution in [1.29, 1.82) is 0 Å². The van der Waals surface area contributed by atoms with Crippen LogP contribution in [-0.4, -0.2) is 48.9 Å². The van der Waals surface area contributed by atoms with Crippen LogP contribution < -0.4 is 9.47 Å². The normalized spacial score (nSPS) is 12.6. The number of benzene rings is 2. The Morgan fingerprint density at radius 1 is 0.941 bits per heavy atom. The highest BCUT2D eigenvalue weighted by Crippen LogP contribution is 2.25. The monoisotopic (exact) mass is 503 g/mol. The van der Waals surface area contributed by atoms with Gasteiger partial charge in [-0.25, -0.2) is 13.2 Å². The number of hydrogen-bond donors (Lipinski definition) is 1. The van der Waals surface area contributed by atoms with E-state index in [0.717, 1.165) is 29.8 Å². The maximum Gasteiger partial charge on any atom is 0.573 e. The molecule has 0 radical (unpaired) electrons. The van der Waals surface area contributed by atoms with Crippen molar-refractivity contribution < 1.29 is 41.0 Å². The van der Waals surface area contributed by atoms with Gasteiger partial charge < -0.3 is 14.6 Å². The lowest BCUT2D eigenvalue weighted by Gasteiger charge is -2.22. The zero-order chi connectivity index (χ0) is 25.6. The predicted octanol–water partition coefficient (Wildman–Crippen LogP) is 4.86. The molecule has 2 aromatic carbocycles. The molecule has 0 aromatic heterocycles. The van der Waals surface area contributed by atoms with Crippen molar-refractivity contribution in [1.82, 2.24) is 4.31 Å². The van der Waals surface area contributed by atoms with Crippen molar-refractivity contribution in [2.75, 3.05) is 13.1 Å². The number of sulfonamides is 1. The minimum absolute atomic E-state index is 0.113. The van der Waals surface area contributed by atoms with E-state index in [1.807, 2.05) is 6.92 Å². The summed E-state index contributed by atoms with van der Waals surface area (Å²) in [6.07, 6.45) is -3.21. The summed E-state index contributed by atoms with van der Waals surface area (Å²) in [6, 6.07) is 11.0. The van der Waals surface area contributed by atoms with Crippen LogP contribution in [0.3, 0.4) is 0 Å². The molecular weight excluding hydrogens is 475 g/mol. The molecular formula is C23H28F3NO6S. The van der Waals surface area contributed by atoms with Crippen LogP contribution in [0.25, 0.3) is 0 Å². The number of hydrogen-bond acceptors (Lipinski definition) is 5. The minimum Gasteiger partial charge on any atom is -0.478 e. The zero-order valence-corrected chi connectivity index (χ0v) is 19.9. The second-order valence-corrected chi connectivity index (χ2v) is 10.0. The average molecular weight is 504 g/mol. The van der Waals surface area contributed by atoms with Crippen molar-refractivity contribution in [3.05, 3.63) is 54.1 Å². The summed E-state index contributed by atoms with van der Waals surface area (Å²) in [7, 11) is -3.89. The number of carboxylic acids is 1. The fraction of sp³-hybridized carbons (Fsp3) is 0.435. The quantitative estimate of drug-likeness (QED) is 0.445. The molecule has 0 spiro atoms. The van der Waals surface area contributed by atoms with E-state index in [1.54, 1.807) is 24.3 Å². The number of carbonyl (C=O) groups is 1. The third kappa shape index (κ3) is 7.91. The Kier molecular flexibility index (Phi) is 8.96. The fourth-order valence-corrected chi connectivity index (χ4v) is 4.66. The molecule has 0 bridgehead atoms. The average Bonchev–Trinajstić information content (AvgIpc) is 2.73. The molecule has 34 heavy (non-hydrogen) atoms. The summed E-state index contributed by atoms with van der Waals surface area (Å²) in [5, 5.41) is 9.15. The van der Waals surface area contributed by atoms with Crippen LogP contribution >= 0.6 is 0 Å². The second kappa shape index (κ2) is 11.1. The van der Waals surface area contributed by atoms with Crippen LogP contribution in [0.5, 0.6) is 11.5 Å². The van der Waals surface area contributed by atoms with Gasteiger partial charge in [-0.3, -0.25) is 0 Å². The van der Waals surface area contributed by atoms with Crippen LogP contribution in [-0.2, 0) is 21.2 Å². The Morgan fingerprint density at radius 2 is 1.47 bits per heavy atom. The fourth-order valence-electron chi connectivity index (χ4n) is 3.09. The van der Waals surface area contributed by atoms with E-state index in [2.05, 4.69) is 4.74 Å². The number of carboxylic acid groups (broad SMARTS) is 1. The van der Waals surface area contributed by atoms with E-state index in [0.29, 0.717) is 25.0 Å². The van der Waals surface area contributed by atoms with E-state index in [-0.39, 0.29) is 18.0 Å². The Labute approximate surface area is 197 Å². The van der Waals surface area contributed by atoms with E-state index in [1.165, 1.54) is 18.2 Å². The van der Waals surface area contributed by atoms with Gasteiger partial charge in [-0.15, -0.1) is 13.2 Å². The topological polar surface area (TPSA) is 93.1 Å². The van der Waals surface area contributed by atoms with Gasteiger partial charge >= 0.3 is 12.3 Å². The summed E-state index contributed by atoms with van der Waals surface area (Å²) in [5.74, 6) is -1.17. The molecule has 0 atom stereocenters. The maximum atomic E-state index is 13.0. The number of aliphatic carboxylic acids is 1. The molecule has 0 aliphatic heterocycles. The van der Waals surface area contributed by atoms with Crippen molar-refractivity contribution >= 4 is 16.0 Å². The lowest BCUT2D eigenvalue weighted by Crippen LogP contribution is -2.37. The Bertz CT molecular complexity index is 1050. The van der Waals surface area contributed by atoms with Gasteiger partial charge in [-0.1, -0.05) is 19.1 Å². The summed E-state index contributed by atoms with van der Waals surface area (Å²) in [6.45, 7) is 5.22. The van der Waals surface area contributed by atoms with Crippen LogP contribution in [0.2, 0.25) is 0 Å². The van der Waals surface area contributed by atoms with Gasteiger partial charge in [0, 0.05) is 13.1 Å². The standard InChI is InChI=1S/C23H28F3NO6S/c1-4-15-27(34(30,31)20-13-11-19(12-14-20)33-23(24,25)26)16-5-6-17-7-9-18(10-8-17)32-22(2,3)21(28)29/h7-14H,4-6,15-16H2,1-3H3,(H,28,29). The molecule has 0 saturated carbocycles. The third-order valence-electron chi connectivity index (χ3n) is 4.85. The Morgan fingerprint density at radius 3 is 1.97 bits per heavy atom. The molecule has 188 valence electrons. The number of halogens is 3. The maximum absolute atomic E-state index is 13.0. The summed E-state index contributed by atoms with van der Waals surface area (Å²) >= 11 is 0. The van der Waals surface area contributed by atoms with E-state index in [4.69, 9.17) is 9.84 Å². The highest BCUT2D eigenvalue weighted by atomic mass is 32.2. The molecule has 7 nitrogen and oxygen atoms in total. The first-order valence-corrected chi connectivity index (χ1v) is 12.1. The lowest BCUT2D eigenvalue weighted by molar-refractivity contribution is -0.274. The SMILES string of the molecule is CCCN(CCCc1ccc(OC(C)(C)C(=O)O)cc1)S(=O)(=O)c1ccc(OC(F)(F)F)cc1. The van der Waals surface area contributed by atoms with Gasteiger partial charge in [0.25, 0.3) is 0 Å². The number of alkyl halides is 3. The van der Waals surface area contributed by atoms with Crippen LogP contribution in [0, 0.1) is 0 Å². The number of ether oxygens (including phenoxy) is 2. The first-order valence-electron chi connectivity index (χ1n) is 10.6. The Balaban J connectivity index is 2.01. The van der Waals surface area contributed by atoms with Crippen molar-refractivity contribution in [3.63, 3.8) is 0 Å². The van der Waals surface area contributed by atoms with E-state index >= 15 is 0 Å². The van der Waals surface area contributed by atoms with Gasteiger partial charge in [0.15, 0.2) is 5.60 Å². The molecule has 1 N–H and O–H groups in total. The molecule has 0 heterocycles. The molecule has 11 heteroatoms. The molecule has 0 fully saturated rings. The van der Waals surface area contributed by atoms with Crippen molar-refractivity contribution in [2.24, 2.45) is 0 Å². The van der Waals surface area contributed by atoms with Crippen LogP contribution in [0.15, 0.2) is 53.4 Å². The highest BCUT2D eigenvalue weighted by Gasteiger charge is 2.32. The second-order valence-electron chi connectivity index (χ2n) is 8.09. The molecule has 0 amide bonds.